The molecule has 4 aromatic rings. The van der Waals surface area contributed by atoms with Crippen LogP contribution in [0, 0.1) is 13.8 Å². The Morgan fingerprint density at radius 3 is 2.67 bits per heavy atom. The third kappa shape index (κ3) is 4.68. The molecule has 3 heterocycles. The number of pyridine rings is 1. The smallest absolute Gasteiger partial charge is 0.274 e. The zero-order valence-electron chi connectivity index (χ0n) is 18.5. The number of rotatable bonds is 7. The summed E-state index contributed by atoms with van der Waals surface area (Å²) in [4.78, 5) is 38.4. The molecule has 3 N–H and O–H groups in total. The molecular weight excluding hydrogens is 420 g/mol. The molecule has 168 valence electrons. The molecule has 0 aliphatic carbocycles. The highest BCUT2D eigenvalue weighted by Crippen LogP contribution is 2.28. The van der Waals surface area contributed by atoms with Gasteiger partial charge in [0.1, 0.15) is 0 Å². The van der Waals surface area contributed by atoms with Crippen LogP contribution in [0.25, 0.3) is 5.52 Å². The molecule has 0 saturated carbocycles. The van der Waals surface area contributed by atoms with Gasteiger partial charge in [-0.1, -0.05) is 12.1 Å². The molecule has 0 unspecified atom stereocenters. The van der Waals surface area contributed by atoms with Gasteiger partial charge >= 0.3 is 0 Å². The number of carbonyl (C=O) groups is 2. The van der Waals surface area contributed by atoms with Crippen molar-refractivity contribution in [2.24, 2.45) is 0 Å². The summed E-state index contributed by atoms with van der Waals surface area (Å²) in [7, 11) is 1.38. The highest BCUT2D eigenvalue weighted by atomic mass is 16.6. The fourth-order valence-electron chi connectivity index (χ4n) is 3.55. The quantitative estimate of drug-likeness (QED) is 0.377. The van der Waals surface area contributed by atoms with Gasteiger partial charge in [0.2, 0.25) is 0 Å². The molecule has 0 saturated heterocycles. The standard InChI is InChI=1S/C24H24N6O3/c1-15-7-8-17(23(31)29-33-3)12-20(15)28-22-21-16(2)19(14-30(21)11-10-26-22)24(32)27-13-18-6-4-5-9-25-18/h4-12,14H,13H2,1-3H3,(H,26,28)(H,27,32)(H,29,31). The van der Waals surface area contributed by atoms with E-state index in [0.29, 0.717) is 23.5 Å². The number of aromatic nitrogens is 3. The van der Waals surface area contributed by atoms with Crippen molar-refractivity contribution >= 4 is 28.8 Å². The monoisotopic (exact) mass is 444 g/mol. The topological polar surface area (TPSA) is 110 Å². The minimum atomic E-state index is -0.350. The molecule has 0 atom stereocenters. The summed E-state index contributed by atoms with van der Waals surface area (Å²) >= 11 is 0. The minimum Gasteiger partial charge on any atom is -0.346 e. The average molecular weight is 444 g/mol. The number of anilines is 2. The van der Waals surface area contributed by atoms with Crippen LogP contribution in [0.5, 0.6) is 0 Å². The Labute approximate surface area is 190 Å². The highest BCUT2D eigenvalue weighted by molar-refractivity contribution is 5.99. The molecule has 0 spiro atoms. The molecule has 0 fully saturated rings. The number of hydrogen-bond donors (Lipinski definition) is 3. The number of nitrogens with one attached hydrogen (secondary N) is 3. The molecule has 0 bridgehead atoms. The Kier molecular flexibility index (Phi) is 6.32. The maximum Gasteiger partial charge on any atom is 0.274 e. The maximum atomic E-state index is 12.9. The summed E-state index contributed by atoms with van der Waals surface area (Å²) in [5.41, 5.74) is 7.30. The first-order valence-corrected chi connectivity index (χ1v) is 10.3. The Morgan fingerprint density at radius 2 is 1.91 bits per heavy atom. The van der Waals surface area contributed by atoms with Gasteiger partial charge in [0.25, 0.3) is 11.8 Å². The molecule has 2 amide bonds. The van der Waals surface area contributed by atoms with Crippen LogP contribution in [0.4, 0.5) is 11.5 Å². The van der Waals surface area contributed by atoms with E-state index in [0.717, 1.165) is 28.0 Å². The zero-order valence-corrected chi connectivity index (χ0v) is 18.5. The van der Waals surface area contributed by atoms with Gasteiger partial charge in [0.05, 0.1) is 30.4 Å². The third-order valence-electron chi connectivity index (χ3n) is 5.29. The SMILES string of the molecule is CONC(=O)c1ccc(C)c(Nc2nccn3cc(C(=O)NCc4ccccn4)c(C)c23)c1. The van der Waals surface area contributed by atoms with E-state index in [1.165, 1.54) is 7.11 Å². The van der Waals surface area contributed by atoms with E-state index in [9.17, 15) is 9.59 Å². The first-order chi connectivity index (χ1) is 16.0. The number of fused-ring (bicyclic) bond motifs is 1. The zero-order chi connectivity index (χ0) is 23.4. The van der Waals surface area contributed by atoms with E-state index in [-0.39, 0.29) is 11.8 Å². The van der Waals surface area contributed by atoms with Crippen LogP contribution >= 0.6 is 0 Å². The molecule has 0 radical (unpaired) electrons. The molecule has 4 rings (SSSR count). The summed E-state index contributed by atoms with van der Waals surface area (Å²) in [5.74, 6) is 0.0332. The van der Waals surface area contributed by atoms with Gasteiger partial charge in [-0.05, 0) is 49.2 Å². The second-order valence-electron chi connectivity index (χ2n) is 7.49. The number of amides is 2. The van der Waals surface area contributed by atoms with Crippen molar-refractivity contribution in [2.45, 2.75) is 20.4 Å². The van der Waals surface area contributed by atoms with E-state index < -0.39 is 0 Å². The summed E-state index contributed by atoms with van der Waals surface area (Å²) in [6.45, 7) is 4.15. The van der Waals surface area contributed by atoms with Crippen LogP contribution in [0.15, 0.2) is 61.2 Å². The van der Waals surface area contributed by atoms with E-state index in [4.69, 9.17) is 4.84 Å². The van der Waals surface area contributed by atoms with Crippen molar-refractivity contribution in [1.29, 1.82) is 0 Å². The predicted octanol–water partition coefficient (Wildman–Crippen LogP) is 3.31. The van der Waals surface area contributed by atoms with E-state index >= 15 is 0 Å². The molecule has 1 aromatic carbocycles. The number of nitrogens with zero attached hydrogens (tertiary/aromatic N) is 3. The van der Waals surface area contributed by atoms with Gasteiger partial charge in [-0.2, -0.15) is 0 Å². The fourth-order valence-corrected chi connectivity index (χ4v) is 3.55. The van der Waals surface area contributed by atoms with Crippen LogP contribution in [0.1, 0.15) is 37.5 Å². The van der Waals surface area contributed by atoms with Gasteiger partial charge in [0, 0.05) is 36.0 Å². The van der Waals surface area contributed by atoms with Crippen LogP contribution < -0.4 is 16.1 Å². The van der Waals surface area contributed by atoms with E-state index in [2.05, 4.69) is 26.1 Å². The third-order valence-corrected chi connectivity index (χ3v) is 5.29. The maximum absolute atomic E-state index is 12.9. The first-order valence-electron chi connectivity index (χ1n) is 10.3. The Hall–Kier alpha value is -4.24. The molecule has 9 heteroatoms. The Morgan fingerprint density at radius 1 is 1.06 bits per heavy atom. The largest absolute Gasteiger partial charge is 0.346 e. The second-order valence-corrected chi connectivity index (χ2v) is 7.49. The molecular formula is C24H24N6O3. The van der Waals surface area contributed by atoms with Crippen LogP contribution in [-0.2, 0) is 11.4 Å². The molecule has 3 aromatic heterocycles. The van der Waals surface area contributed by atoms with Crippen LogP contribution in [0.3, 0.4) is 0 Å². The van der Waals surface area contributed by atoms with Gasteiger partial charge in [-0.3, -0.25) is 19.4 Å². The lowest BCUT2D eigenvalue weighted by Crippen LogP contribution is -2.23. The molecule has 9 nitrogen and oxygen atoms in total. The molecule has 0 aliphatic heterocycles. The lowest BCUT2D eigenvalue weighted by Gasteiger charge is -2.12. The van der Waals surface area contributed by atoms with E-state index in [1.54, 1.807) is 36.9 Å². The first kappa shape index (κ1) is 22.0. The normalized spacial score (nSPS) is 10.8. The van der Waals surface area contributed by atoms with Crippen molar-refractivity contribution in [3.05, 3.63) is 89.1 Å². The van der Waals surface area contributed by atoms with Gasteiger partial charge in [-0.15, -0.1) is 0 Å². The fraction of sp³-hybridized carbons (Fsp3) is 0.167. The van der Waals surface area contributed by atoms with Gasteiger partial charge in [-0.25, -0.2) is 10.5 Å². The van der Waals surface area contributed by atoms with Gasteiger partial charge in [0.15, 0.2) is 5.82 Å². The summed E-state index contributed by atoms with van der Waals surface area (Å²) in [6, 6.07) is 10.9. The van der Waals surface area contributed by atoms with Crippen molar-refractivity contribution in [1.82, 2.24) is 25.2 Å². The van der Waals surface area contributed by atoms with Crippen molar-refractivity contribution in [3.63, 3.8) is 0 Å². The highest BCUT2D eigenvalue weighted by Gasteiger charge is 2.18. The summed E-state index contributed by atoms with van der Waals surface area (Å²) < 4.78 is 1.86. The lowest BCUT2D eigenvalue weighted by atomic mass is 10.1. The van der Waals surface area contributed by atoms with Crippen molar-refractivity contribution in [2.75, 3.05) is 12.4 Å². The van der Waals surface area contributed by atoms with Crippen LogP contribution in [0.2, 0.25) is 0 Å². The summed E-state index contributed by atoms with van der Waals surface area (Å²) in [5, 5.41) is 6.22. The average Bonchev–Trinajstić information content (AvgIpc) is 3.17. The van der Waals surface area contributed by atoms with Crippen molar-refractivity contribution < 1.29 is 14.4 Å². The second kappa shape index (κ2) is 9.49. The number of hydrogen-bond acceptors (Lipinski definition) is 6. The number of carbonyl (C=O) groups excluding carboxylic acids is 2. The van der Waals surface area contributed by atoms with Crippen LogP contribution in [-0.4, -0.2) is 33.3 Å². The summed E-state index contributed by atoms with van der Waals surface area (Å²) in [6.07, 6.45) is 6.92. The lowest BCUT2D eigenvalue weighted by molar-refractivity contribution is 0.0537. The number of benzene rings is 1. The molecule has 0 aliphatic rings. The van der Waals surface area contributed by atoms with E-state index in [1.807, 2.05) is 42.5 Å². The van der Waals surface area contributed by atoms with Crippen molar-refractivity contribution in [3.8, 4) is 0 Å². The molecule has 33 heavy (non-hydrogen) atoms. The minimum absolute atomic E-state index is 0.192. The Balaban J connectivity index is 1.62. The Bertz CT molecular complexity index is 1320. The van der Waals surface area contributed by atoms with Gasteiger partial charge < -0.3 is 15.0 Å². The number of hydroxylamine groups is 1. The number of aryl methyl sites for hydroxylation is 2. The predicted molar refractivity (Wildman–Crippen MR) is 124 cm³/mol.